The minimum absolute atomic E-state index is 0.240. The van der Waals surface area contributed by atoms with E-state index < -0.39 is 5.91 Å². The van der Waals surface area contributed by atoms with Crippen molar-refractivity contribution in [1.29, 1.82) is 0 Å². The summed E-state index contributed by atoms with van der Waals surface area (Å²) in [4.78, 5) is 28.9. The fourth-order valence-corrected chi connectivity index (χ4v) is 4.31. The predicted octanol–water partition coefficient (Wildman–Crippen LogP) is 6.55. The topological polar surface area (TPSA) is 49.4 Å². The Morgan fingerprint density at radius 1 is 0.806 bits per heavy atom. The molecule has 0 saturated carbocycles. The minimum atomic E-state index is -0.414. The molecule has 0 aromatic heterocycles. The molecule has 1 heterocycles. The number of nitrogens with zero attached hydrogens (tertiary/aromatic N) is 1. The number of benzene rings is 3. The molecule has 0 radical (unpaired) electrons. The summed E-state index contributed by atoms with van der Waals surface area (Å²) in [6.07, 6.45) is 0.919. The smallest absolute Gasteiger partial charge is 0.283 e. The van der Waals surface area contributed by atoms with Gasteiger partial charge in [-0.1, -0.05) is 54.0 Å². The molecule has 0 unspecified atom stereocenters. The van der Waals surface area contributed by atoms with E-state index in [0.717, 1.165) is 21.9 Å². The first kappa shape index (κ1) is 21.5. The number of carbonyl (C=O) groups is 2. The number of aryl methyl sites for hydroxylation is 1. The van der Waals surface area contributed by atoms with Gasteiger partial charge in [-0.05, 0) is 72.6 Å². The molecule has 1 aliphatic heterocycles. The standard InChI is InChI=1S/C24H18Cl2N2O2S/c1-2-15-3-9-18(10-4-15)27-21-22(31-20-13-7-17(26)8-14-20)24(30)28(23(21)29)19-11-5-16(25)6-12-19/h3-14,27H,2H2,1H3. The van der Waals surface area contributed by atoms with E-state index in [1.807, 2.05) is 36.4 Å². The summed E-state index contributed by atoms with van der Waals surface area (Å²) in [6.45, 7) is 2.08. The Kier molecular flexibility index (Phi) is 6.37. The van der Waals surface area contributed by atoms with E-state index >= 15 is 0 Å². The van der Waals surface area contributed by atoms with Crippen molar-refractivity contribution in [3.8, 4) is 0 Å². The second kappa shape index (κ2) is 9.18. The molecule has 0 atom stereocenters. The molecule has 4 rings (SSSR count). The lowest BCUT2D eigenvalue weighted by atomic mass is 10.1. The van der Waals surface area contributed by atoms with Gasteiger partial charge in [0.2, 0.25) is 0 Å². The first-order valence-electron chi connectivity index (χ1n) is 9.64. The molecule has 3 aromatic carbocycles. The van der Waals surface area contributed by atoms with Crippen LogP contribution < -0.4 is 10.2 Å². The van der Waals surface area contributed by atoms with Gasteiger partial charge in [0.15, 0.2) is 0 Å². The average molecular weight is 469 g/mol. The number of carbonyl (C=O) groups excluding carboxylic acids is 2. The van der Waals surface area contributed by atoms with Crippen LogP contribution in [0.2, 0.25) is 10.0 Å². The van der Waals surface area contributed by atoms with Gasteiger partial charge in [-0.25, -0.2) is 4.90 Å². The Morgan fingerprint density at radius 2 is 1.39 bits per heavy atom. The number of imide groups is 1. The van der Waals surface area contributed by atoms with E-state index in [1.54, 1.807) is 36.4 Å². The molecule has 31 heavy (non-hydrogen) atoms. The summed E-state index contributed by atoms with van der Waals surface area (Å²) in [5.41, 5.74) is 2.63. The summed E-state index contributed by atoms with van der Waals surface area (Å²) < 4.78 is 0. The van der Waals surface area contributed by atoms with Crippen LogP contribution in [0.25, 0.3) is 0 Å². The molecule has 2 amide bonds. The number of anilines is 2. The number of nitrogens with one attached hydrogen (secondary N) is 1. The van der Waals surface area contributed by atoms with Gasteiger partial charge in [0, 0.05) is 20.6 Å². The van der Waals surface area contributed by atoms with Crippen LogP contribution in [0.5, 0.6) is 0 Å². The van der Waals surface area contributed by atoms with E-state index in [-0.39, 0.29) is 11.6 Å². The fraction of sp³-hybridized carbons (Fsp3) is 0.0833. The van der Waals surface area contributed by atoms with Crippen LogP contribution in [0.3, 0.4) is 0 Å². The van der Waals surface area contributed by atoms with Gasteiger partial charge >= 0.3 is 0 Å². The highest BCUT2D eigenvalue weighted by Gasteiger charge is 2.40. The monoisotopic (exact) mass is 468 g/mol. The van der Waals surface area contributed by atoms with Crippen LogP contribution in [0.4, 0.5) is 11.4 Å². The zero-order valence-electron chi connectivity index (χ0n) is 16.6. The highest BCUT2D eigenvalue weighted by molar-refractivity contribution is 8.04. The maximum atomic E-state index is 13.3. The Balaban J connectivity index is 1.71. The Morgan fingerprint density at radius 3 is 1.97 bits per heavy atom. The summed E-state index contributed by atoms with van der Waals surface area (Å²) in [7, 11) is 0. The molecular weight excluding hydrogens is 451 g/mol. The van der Waals surface area contributed by atoms with Gasteiger partial charge in [0.1, 0.15) is 10.6 Å². The van der Waals surface area contributed by atoms with Gasteiger partial charge in [-0.3, -0.25) is 9.59 Å². The molecule has 156 valence electrons. The minimum Gasteiger partial charge on any atom is -0.350 e. The molecule has 0 fully saturated rings. The Labute approximate surface area is 194 Å². The van der Waals surface area contributed by atoms with Crippen LogP contribution >= 0.6 is 35.0 Å². The maximum absolute atomic E-state index is 13.3. The van der Waals surface area contributed by atoms with Crippen molar-refractivity contribution in [2.24, 2.45) is 0 Å². The van der Waals surface area contributed by atoms with Crippen molar-refractivity contribution >= 4 is 58.2 Å². The number of hydrogen-bond donors (Lipinski definition) is 1. The van der Waals surface area contributed by atoms with Crippen molar-refractivity contribution in [1.82, 2.24) is 0 Å². The van der Waals surface area contributed by atoms with E-state index in [2.05, 4.69) is 12.2 Å². The van der Waals surface area contributed by atoms with Crippen molar-refractivity contribution < 1.29 is 9.59 Å². The molecule has 3 aromatic rings. The first-order valence-corrected chi connectivity index (χ1v) is 11.2. The lowest BCUT2D eigenvalue weighted by Gasteiger charge is -2.15. The Bertz CT molecular complexity index is 1160. The molecule has 1 N–H and O–H groups in total. The van der Waals surface area contributed by atoms with Crippen LogP contribution in [0.15, 0.2) is 88.3 Å². The molecule has 0 spiro atoms. The predicted molar refractivity (Wildman–Crippen MR) is 128 cm³/mol. The molecule has 0 saturated heterocycles. The third-order valence-corrected chi connectivity index (χ3v) is 6.39. The third kappa shape index (κ3) is 4.64. The van der Waals surface area contributed by atoms with Crippen LogP contribution in [0.1, 0.15) is 12.5 Å². The number of amides is 2. The van der Waals surface area contributed by atoms with E-state index in [0.29, 0.717) is 20.6 Å². The van der Waals surface area contributed by atoms with E-state index in [4.69, 9.17) is 23.2 Å². The fourth-order valence-electron chi connectivity index (χ4n) is 3.13. The number of hydrogen-bond acceptors (Lipinski definition) is 4. The molecule has 7 heteroatoms. The second-order valence-corrected chi connectivity index (χ2v) is 8.81. The SMILES string of the molecule is CCc1ccc(NC2=C(Sc3ccc(Cl)cc3)C(=O)N(c3ccc(Cl)cc3)C2=O)cc1. The normalized spacial score (nSPS) is 13.8. The zero-order chi connectivity index (χ0) is 22.0. The molecule has 4 nitrogen and oxygen atoms in total. The van der Waals surface area contributed by atoms with Gasteiger partial charge in [-0.15, -0.1) is 0 Å². The van der Waals surface area contributed by atoms with Gasteiger partial charge in [0.25, 0.3) is 11.8 Å². The summed E-state index contributed by atoms with van der Waals surface area (Å²) >= 11 is 13.2. The van der Waals surface area contributed by atoms with Gasteiger partial charge < -0.3 is 5.32 Å². The molecule has 1 aliphatic rings. The zero-order valence-corrected chi connectivity index (χ0v) is 18.9. The summed E-state index contributed by atoms with van der Waals surface area (Å²) in [6, 6.07) is 21.5. The average Bonchev–Trinajstić information content (AvgIpc) is 3.00. The highest BCUT2D eigenvalue weighted by Crippen LogP contribution is 2.38. The third-order valence-electron chi connectivity index (χ3n) is 4.79. The summed E-state index contributed by atoms with van der Waals surface area (Å²) in [5.74, 6) is -0.802. The lowest BCUT2D eigenvalue weighted by Crippen LogP contribution is -2.32. The lowest BCUT2D eigenvalue weighted by molar-refractivity contribution is -0.120. The number of rotatable bonds is 6. The summed E-state index contributed by atoms with van der Waals surface area (Å²) in [5, 5.41) is 4.29. The number of thioether (sulfide) groups is 1. The molecular formula is C24H18Cl2N2O2S. The number of halogens is 2. The van der Waals surface area contributed by atoms with Gasteiger partial charge in [0.05, 0.1) is 5.69 Å². The Hall–Kier alpha value is -2.73. The van der Waals surface area contributed by atoms with Crippen molar-refractivity contribution in [2.45, 2.75) is 18.2 Å². The van der Waals surface area contributed by atoms with Crippen molar-refractivity contribution in [2.75, 3.05) is 10.2 Å². The van der Waals surface area contributed by atoms with E-state index in [1.165, 1.54) is 17.3 Å². The van der Waals surface area contributed by atoms with Crippen molar-refractivity contribution in [3.05, 3.63) is 99.0 Å². The largest absolute Gasteiger partial charge is 0.350 e. The van der Waals surface area contributed by atoms with Crippen molar-refractivity contribution in [3.63, 3.8) is 0 Å². The molecule has 0 aliphatic carbocycles. The second-order valence-electron chi connectivity index (χ2n) is 6.86. The maximum Gasteiger partial charge on any atom is 0.283 e. The van der Waals surface area contributed by atoms with Crippen LogP contribution in [0, 0.1) is 0 Å². The van der Waals surface area contributed by atoms with Crippen LogP contribution in [-0.4, -0.2) is 11.8 Å². The highest BCUT2D eigenvalue weighted by atomic mass is 35.5. The first-order chi connectivity index (χ1) is 15.0. The quantitative estimate of drug-likeness (QED) is 0.416. The van der Waals surface area contributed by atoms with E-state index in [9.17, 15) is 9.59 Å². The molecule has 0 bridgehead atoms. The van der Waals surface area contributed by atoms with Gasteiger partial charge in [-0.2, -0.15) is 0 Å². The van der Waals surface area contributed by atoms with Crippen LogP contribution in [-0.2, 0) is 16.0 Å².